The third-order valence-electron chi connectivity index (χ3n) is 4.17. The number of imide groups is 1. The largest absolute Gasteiger partial charge is 0.361 e. The second-order valence-corrected chi connectivity index (χ2v) is 6.86. The first-order valence-corrected chi connectivity index (χ1v) is 8.13. The minimum absolute atomic E-state index is 0.125. The summed E-state index contributed by atoms with van der Waals surface area (Å²) in [5, 5.41) is 2.78. The number of carbonyl (C=O) groups excluding carboxylic acids is 3. The molecule has 0 radical (unpaired) electrons. The lowest BCUT2D eigenvalue weighted by molar-refractivity contribution is -0.140. The van der Waals surface area contributed by atoms with Crippen molar-refractivity contribution in [1.29, 1.82) is 0 Å². The summed E-state index contributed by atoms with van der Waals surface area (Å²) in [5.41, 5.74) is 4.95. The Morgan fingerprint density at radius 3 is 2.61 bits per heavy atom. The van der Waals surface area contributed by atoms with Gasteiger partial charge in [-0.25, -0.2) is 0 Å². The molecule has 132 valence electrons. The van der Waals surface area contributed by atoms with E-state index in [0.717, 1.165) is 0 Å². The molecule has 0 aromatic heterocycles. The number of nitrogens with two attached hydrogens (primary N) is 1. The molecule has 3 N–H and O–H groups in total. The zero-order valence-electron chi connectivity index (χ0n) is 14.6. The van der Waals surface area contributed by atoms with Gasteiger partial charge in [0.1, 0.15) is 0 Å². The number of hydrogen-bond acceptors (Lipinski definition) is 5. The second-order valence-electron chi connectivity index (χ2n) is 6.86. The molecule has 7 nitrogen and oxygen atoms in total. The van der Waals surface area contributed by atoms with Crippen molar-refractivity contribution >= 4 is 17.7 Å². The minimum Gasteiger partial charge on any atom is -0.361 e. The zero-order chi connectivity index (χ0) is 17.6. The monoisotopic (exact) mass is 327 g/mol. The number of rotatable bonds is 9. The number of likely N-dealkylation sites (tertiary alicyclic amines) is 1. The first kappa shape index (κ1) is 19.6. The molecule has 0 aromatic carbocycles. The van der Waals surface area contributed by atoms with Crippen LogP contribution in [0.15, 0.2) is 0 Å². The van der Waals surface area contributed by atoms with Gasteiger partial charge in [0.05, 0.1) is 12.3 Å². The molecule has 0 aliphatic carbocycles. The number of carbonyl (C=O) groups is 3. The van der Waals surface area contributed by atoms with E-state index < -0.39 is 5.60 Å². The van der Waals surface area contributed by atoms with E-state index in [1.165, 1.54) is 4.90 Å². The molecule has 1 fully saturated rings. The number of nitrogens with zero attached hydrogens (tertiary/aromatic N) is 1. The summed E-state index contributed by atoms with van der Waals surface area (Å²) in [6.45, 7) is 8.41. The van der Waals surface area contributed by atoms with Crippen molar-refractivity contribution in [2.24, 2.45) is 17.6 Å². The van der Waals surface area contributed by atoms with Crippen LogP contribution in [0.1, 0.15) is 47.0 Å². The highest BCUT2D eigenvalue weighted by Crippen LogP contribution is 2.26. The predicted octanol–water partition coefficient (Wildman–Crippen LogP) is 0.625. The first-order valence-electron chi connectivity index (χ1n) is 8.13. The average Bonchev–Trinajstić information content (AvgIpc) is 2.71. The van der Waals surface area contributed by atoms with E-state index in [9.17, 15) is 14.4 Å². The number of amides is 3. The van der Waals surface area contributed by atoms with Crippen LogP contribution in [-0.4, -0.2) is 48.0 Å². The molecule has 1 atom stereocenters. The molecule has 1 unspecified atom stereocenters. The molecule has 3 amide bonds. The van der Waals surface area contributed by atoms with Crippen molar-refractivity contribution < 1.29 is 19.1 Å². The lowest BCUT2D eigenvalue weighted by Crippen LogP contribution is -2.37. The van der Waals surface area contributed by atoms with E-state index in [1.54, 1.807) is 0 Å². The lowest BCUT2D eigenvalue weighted by atomic mass is 9.94. The van der Waals surface area contributed by atoms with Crippen LogP contribution < -0.4 is 11.1 Å². The van der Waals surface area contributed by atoms with Crippen molar-refractivity contribution in [1.82, 2.24) is 10.2 Å². The Bertz CT molecular complexity index is 449. The Hall–Kier alpha value is -1.47. The van der Waals surface area contributed by atoms with Gasteiger partial charge in [-0.1, -0.05) is 13.8 Å². The van der Waals surface area contributed by atoms with Crippen LogP contribution in [0.3, 0.4) is 0 Å². The Balaban J connectivity index is 2.34. The molecule has 0 bridgehead atoms. The Kier molecular flexibility index (Phi) is 7.15. The highest BCUT2D eigenvalue weighted by Gasteiger charge is 2.39. The van der Waals surface area contributed by atoms with Gasteiger partial charge in [0.25, 0.3) is 0 Å². The average molecular weight is 327 g/mol. The van der Waals surface area contributed by atoms with Gasteiger partial charge < -0.3 is 15.8 Å². The van der Waals surface area contributed by atoms with E-state index in [0.29, 0.717) is 13.0 Å². The standard InChI is InChI=1S/C16H29N3O4/c1-11(2)12-9-14(21)19(15(12)22)8-5-13(20)18-7-6-16(3,4)23-10-17/h11-12H,5-10,17H2,1-4H3,(H,18,20). The fourth-order valence-corrected chi connectivity index (χ4v) is 2.57. The maximum absolute atomic E-state index is 12.1. The van der Waals surface area contributed by atoms with E-state index in [4.69, 9.17) is 10.5 Å². The molecule has 1 heterocycles. The number of ether oxygens (including phenoxy) is 1. The van der Waals surface area contributed by atoms with Crippen molar-refractivity contribution in [3.63, 3.8) is 0 Å². The normalized spacial score (nSPS) is 18.9. The SMILES string of the molecule is CC(C)C1CC(=O)N(CCC(=O)NCCC(C)(C)OCN)C1=O. The maximum Gasteiger partial charge on any atom is 0.233 e. The first-order chi connectivity index (χ1) is 10.7. The molecule has 23 heavy (non-hydrogen) atoms. The Morgan fingerprint density at radius 1 is 1.43 bits per heavy atom. The fourth-order valence-electron chi connectivity index (χ4n) is 2.57. The maximum atomic E-state index is 12.1. The number of hydrogen-bond donors (Lipinski definition) is 2. The molecule has 0 spiro atoms. The summed E-state index contributed by atoms with van der Waals surface area (Å²) in [7, 11) is 0. The minimum atomic E-state index is -0.395. The van der Waals surface area contributed by atoms with Gasteiger partial charge in [-0.2, -0.15) is 0 Å². The summed E-state index contributed by atoms with van der Waals surface area (Å²) in [6, 6.07) is 0. The van der Waals surface area contributed by atoms with Crippen LogP contribution in [0.25, 0.3) is 0 Å². The Labute approximate surface area is 137 Å². The van der Waals surface area contributed by atoms with Crippen molar-refractivity contribution in [2.75, 3.05) is 19.8 Å². The quantitative estimate of drug-likeness (QED) is 0.477. The summed E-state index contributed by atoms with van der Waals surface area (Å²) in [4.78, 5) is 37.1. The lowest BCUT2D eigenvalue weighted by Gasteiger charge is -2.24. The topological polar surface area (TPSA) is 102 Å². The summed E-state index contributed by atoms with van der Waals surface area (Å²) >= 11 is 0. The van der Waals surface area contributed by atoms with E-state index >= 15 is 0 Å². The van der Waals surface area contributed by atoms with Gasteiger partial charge in [-0.3, -0.25) is 19.3 Å². The molecule has 0 aromatic rings. The molecule has 1 aliphatic heterocycles. The molecule has 7 heteroatoms. The molecule has 0 saturated carbocycles. The summed E-state index contributed by atoms with van der Waals surface area (Å²) < 4.78 is 5.34. The number of nitrogens with one attached hydrogen (secondary N) is 1. The van der Waals surface area contributed by atoms with Gasteiger partial charge in [0.2, 0.25) is 17.7 Å². The van der Waals surface area contributed by atoms with E-state index in [2.05, 4.69) is 5.32 Å². The van der Waals surface area contributed by atoms with Crippen molar-refractivity contribution in [2.45, 2.75) is 52.6 Å². The second kappa shape index (κ2) is 8.40. The summed E-state index contributed by atoms with van der Waals surface area (Å²) in [5.74, 6) is -0.633. The molecule has 1 aliphatic rings. The van der Waals surface area contributed by atoms with Crippen LogP contribution in [0.5, 0.6) is 0 Å². The third-order valence-corrected chi connectivity index (χ3v) is 4.17. The predicted molar refractivity (Wildman–Crippen MR) is 86.1 cm³/mol. The van der Waals surface area contributed by atoms with E-state index in [-0.39, 0.29) is 55.7 Å². The van der Waals surface area contributed by atoms with Crippen LogP contribution in [0, 0.1) is 11.8 Å². The molecular weight excluding hydrogens is 298 g/mol. The Morgan fingerprint density at radius 2 is 2.09 bits per heavy atom. The third kappa shape index (κ3) is 5.91. The van der Waals surface area contributed by atoms with Gasteiger partial charge in [0.15, 0.2) is 0 Å². The van der Waals surface area contributed by atoms with Crippen LogP contribution in [0.4, 0.5) is 0 Å². The highest BCUT2D eigenvalue weighted by molar-refractivity contribution is 6.03. The smallest absolute Gasteiger partial charge is 0.233 e. The van der Waals surface area contributed by atoms with Gasteiger partial charge in [-0.15, -0.1) is 0 Å². The van der Waals surface area contributed by atoms with Crippen molar-refractivity contribution in [3.8, 4) is 0 Å². The van der Waals surface area contributed by atoms with Gasteiger partial charge in [0, 0.05) is 31.8 Å². The highest BCUT2D eigenvalue weighted by atomic mass is 16.5. The van der Waals surface area contributed by atoms with E-state index in [1.807, 2.05) is 27.7 Å². The molecular formula is C16H29N3O4. The molecule has 1 rings (SSSR count). The van der Waals surface area contributed by atoms with Crippen LogP contribution >= 0.6 is 0 Å². The van der Waals surface area contributed by atoms with Gasteiger partial charge in [-0.05, 0) is 26.2 Å². The fraction of sp³-hybridized carbons (Fsp3) is 0.812. The molecule has 1 saturated heterocycles. The van der Waals surface area contributed by atoms with Crippen LogP contribution in [0.2, 0.25) is 0 Å². The van der Waals surface area contributed by atoms with Crippen molar-refractivity contribution in [3.05, 3.63) is 0 Å². The zero-order valence-corrected chi connectivity index (χ0v) is 14.6. The summed E-state index contributed by atoms with van der Waals surface area (Å²) in [6.07, 6.45) is 1.01. The van der Waals surface area contributed by atoms with Gasteiger partial charge >= 0.3 is 0 Å². The van der Waals surface area contributed by atoms with Crippen LogP contribution in [-0.2, 0) is 19.1 Å².